The van der Waals surface area contributed by atoms with Crippen LogP contribution in [0.5, 0.6) is 5.75 Å². The largest absolute Gasteiger partial charge is 0.494 e. The van der Waals surface area contributed by atoms with E-state index >= 15 is 0 Å². The number of alkyl halides is 3. The van der Waals surface area contributed by atoms with E-state index in [2.05, 4.69) is 31.3 Å². The Morgan fingerprint density at radius 2 is 1.30 bits per heavy atom. The molecule has 2 aromatic carbocycles. The molecule has 0 aliphatic heterocycles. The van der Waals surface area contributed by atoms with Gasteiger partial charge in [0.2, 0.25) is 0 Å². The monoisotopic (exact) mass is 464 g/mol. The van der Waals surface area contributed by atoms with Crippen molar-refractivity contribution in [1.29, 1.82) is 0 Å². The van der Waals surface area contributed by atoms with Gasteiger partial charge < -0.3 is 15.8 Å². The fraction of sp³-hybridized carbons (Fsp3) is 0.556. The molecule has 184 valence electrons. The number of ether oxygens (including phenoxy) is 1. The summed E-state index contributed by atoms with van der Waals surface area (Å²) in [5.41, 5.74) is 7.84. The number of hydrogen-bond donors (Lipinski definition) is 2. The van der Waals surface area contributed by atoms with Gasteiger partial charge >= 0.3 is 6.18 Å². The molecule has 0 aliphatic carbocycles. The second-order valence-corrected chi connectivity index (χ2v) is 9.53. The Labute approximate surface area is 196 Å². The van der Waals surface area contributed by atoms with Crippen LogP contribution in [0.3, 0.4) is 0 Å². The molecular weight excluding hydrogens is 425 g/mol. The van der Waals surface area contributed by atoms with Crippen LogP contribution in [0.1, 0.15) is 77.7 Å². The lowest BCUT2D eigenvalue weighted by atomic mass is 9.74. The summed E-state index contributed by atoms with van der Waals surface area (Å²) in [7, 11) is 0. The minimum Gasteiger partial charge on any atom is -0.494 e. The van der Waals surface area contributed by atoms with E-state index < -0.39 is 18.3 Å². The molecule has 0 heterocycles. The maximum absolute atomic E-state index is 12.1. The minimum atomic E-state index is -4.02. The molecule has 0 spiro atoms. The maximum atomic E-state index is 12.1. The smallest absolute Gasteiger partial charge is 0.389 e. The van der Waals surface area contributed by atoms with Crippen LogP contribution in [0.25, 0.3) is 0 Å². The van der Waals surface area contributed by atoms with Gasteiger partial charge in [-0.3, -0.25) is 0 Å². The van der Waals surface area contributed by atoms with Crippen molar-refractivity contribution in [2.24, 2.45) is 5.73 Å². The standard InChI is InChI=1S/C27H39F3N2O/c1-25(2,22-14-10-9-11-15-22)26(3,31)32-23-16-18-24(19-17-23)33-21-13-8-6-4-5-7-12-20-27(28,29)30/h9-11,14-19,32H,4-8,12-13,20-21,31H2,1-3H3. The zero-order valence-corrected chi connectivity index (χ0v) is 20.2. The predicted octanol–water partition coefficient (Wildman–Crippen LogP) is 7.81. The maximum Gasteiger partial charge on any atom is 0.389 e. The second-order valence-electron chi connectivity index (χ2n) is 9.53. The van der Waals surface area contributed by atoms with Crippen LogP contribution in [-0.2, 0) is 5.41 Å². The van der Waals surface area contributed by atoms with Crippen molar-refractivity contribution in [2.75, 3.05) is 11.9 Å². The van der Waals surface area contributed by atoms with Gasteiger partial charge in [-0.2, -0.15) is 13.2 Å². The normalized spacial score (nSPS) is 14.0. The first-order valence-corrected chi connectivity index (χ1v) is 11.9. The Morgan fingerprint density at radius 1 is 0.758 bits per heavy atom. The molecule has 2 aromatic rings. The SMILES string of the molecule is CC(N)(Nc1ccc(OCCCCCCCCCC(F)(F)F)cc1)C(C)(C)c1ccccc1. The Hall–Kier alpha value is -2.21. The Bertz CT molecular complexity index is 802. The highest BCUT2D eigenvalue weighted by molar-refractivity contribution is 5.49. The number of hydrogen-bond acceptors (Lipinski definition) is 3. The topological polar surface area (TPSA) is 47.3 Å². The summed E-state index contributed by atoms with van der Waals surface area (Å²) in [4.78, 5) is 0. The molecule has 0 saturated heterocycles. The van der Waals surface area contributed by atoms with Crippen LogP contribution in [0, 0.1) is 0 Å². The van der Waals surface area contributed by atoms with Crippen LogP contribution in [-0.4, -0.2) is 18.4 Å². The molecule has 0 saturated carbocycles. The lowest BCUT2D eigenvalue weighted by Crippen LogP contribution is -2.58. The molecule has 0 aromatic heterocycles. The summed E-state index contributed by atoms with van der Waals surface area (Å²) in [6.45, 7) is 6.90. The van der Waals surface area contributed by atoms with Gasteiger partial charge in [0.25, 0.3) is 0 Å². The second kappa shape index (κ2) is 12.3. The van der Waals surface area contributed by atoms with Crippen molar-refractivity contribution in [3.63, 3.8) is 0 Å². The highest BCUT2D eigenvalue weighted by Gasteiger charge is 2.39. The quantitative estimate of drug-likeness (QED) is 0.221. The number of rotatable bonds is 14. The highest BCUT2D eigenvalue weighted by atomic mass is 19.4. The summed E-state index contributed by atoms with van der Waals surface area (Å²) >= 11 is 0. The highest BCUT2D eigenvalue weighted by Crippen LogP contribution is 2.34. The van der Waals surface area contributed by atoms with E-state index in [9.17, 15) is 13.2 Å². The van der Waals surface area contributed by atoms with Gasteiger partial charge in [-0.1, -0.05) is 76.3 Å². The predicted molar refractivity (Wildman–Crippen MR) is 131 cm³/mol. The van der Waals surface area contributed by atoms with E-state index in [-0.39, 0.29) is 11.8 Å². The molecule has 3 N–H and O–H groups in total. The van der Waals surface area contributed by atoms with E-state index in [4.69, 9.17) is 10.5 Å². The molecule has 3 nitrogen and oxygen atoms in total. The summed E-state index contributed by atoms with van der Waals surface area (Å²) < 4.78 is 42.1. The van der Waals surface area contributed by atoms with E-state index in [1.807, 2.05) is 49.4 Å². The van der Waals surface area contributed by atoms with E-state index in [0.29, 0.717) is 13.0 Å². The molecular formula is C27H39F3N2O. The van der Waals surface area contributed by atoms with E-state index in [0.717, 1.165) is 43.5 Å². The molecule has 1 unspecified atom stereocenters. The third kappa shape index (κ3) is 9.28. The van der Waals surface area contributed by atoms with E-state index in [1.165, 1.54) is 5.56 Å². The fourth-order valence-corrected chi connectivity index (χ4v) is 3.75. The van der Waals surface area contributed by atoms with Crippen molar-refractivity contribution in [1.82, 2.24) is 0 Å². The molecule has 0 bridgehead atoms. The van der Waals surface area contributed by atoms with Gasteiger partial charge in [0, 0.05) is 17.5 Å². The molecule has 0 radical (unpaired) electrons. The molecule has 6 heteroatoms. The van der Waals surface area contributed by atoms with Gasteiger partial charge in [0.05, 0.1) is 12.3 Å². The van der Waals surface area contributed by atoms with Gasteiger partial charge in [0.1, 0.15) is 5.75 Å². The van der Waals surface area contributed by atoms with Crippen molar-refractivity contribution in [3.05, 3.63) is 60.2 Å². The first-order valence-electron chi connectivity index (χ1n) is 11.9. The first-order chi connectivity index (χ1) is 15.5. The Balaban J connectivity index is 1.67. The molecule has 0 amide bonds. The van der Waals surface area contributed by atoms with E-state index in [1.54, 1.807) is 0 Å². The lowest BCUT2D eigenvalue weighted by molar-refractivity contribution is -0.135. The Kier molecular flexibility index (Phi) is 10.1. The van der Waals surface area contributed by atoms with Crippen molar-refractivity contribution in [3.8, 4) is 5.75 Å². The average molecular weight is 465 g/mol. The summed E-state index contributed by atoms with van der Waals surface area (Å²) in [5.74, 6) is 0.814. The van der Waals surface area contributed by atoms with Gasteiger partial charge in [-0.25, -0.2) is 0 Å². The third-order valence-electron chi connectivity index (χ3n) is 6.43. The molecule has 2 rings (SSSR count). The summed E-state index contributed by atoms with van der Waals surface area (Å²) in [5, 5.41) is 3.46. The van der Waals surface area contributed by atoms with Crippen LogP contribution in [0.2, 0.25) is 0 Å². The molecule has 1 atom stereocenters. The number of halogens is 3. The van der Waals surface area contributed by atoms with Gasteiger partial charge in [0.15, 0.2) is 0 Å². The van der Waals surface area contributed by atoms with Crippen LogP contribution in [0.15, 0.2) is 54.6 Å². The van der Waals surface area contributed by atoms with Crippen LogP contribution >= 0.6 is 0 Å². The van der Waals surface area contributed by atoms with Crippen LogP contribution < -0.4 is 15.8 Å². The number of anilines is 1. The summed E-state index contributed by atoms with van der Waals surface area (Å²) in [6, 6.07) is 18.1. The molecule has 33 heavy (non-hydrogen) atoms. The number of unbranched alkanes of at least 4 members (excludes halogenated alkanes) is 6. The zero-order valence-electron chi connectivity index (χ0n) is 20.2. The lowest BCUT2D eigenvalue weighted by Gasteiger charge is -2.43. The summed E-state index contributed by atoms with van der Waals surface area (Å²) in [6.07, 6.45) is 1.06. The first kappa shape index (κ1) is 27.0. The van der Waals surface area contributed by atoms with Gasteiger partial charge in [-0.05, 0) is 49.6 Å². The van der Waals surface area contributed by atoms with Crippen LogP contribution in [0.4, 0.5) is 18.9 Å². The number of nitrogens with two attached hydrogens (primary N) is 1. The van der Waals surface area contributed by atoms with Gasteiger partial charge in [-0.15, -0.1) is 0 Å². The molecule has 0 fully saturated rings. The minimum absolute atomic E-state index is 0.241. The fourth-order valence-electron chi connectivity index (χ4n) is 3.75. The zero-order chi connectivity index (χ0) is 24.4. The van der Waals surface area contributed by atoms with Crippen molar-refractivity contribution >= 4 is 5.69 Å². The molecule has 0 aliphatic rings. The Morgan fingerprint density at radius 3 is 1.88 bits per heavy atom. The number of nitrogens with one attached hydrogen (secondary N) is 1. The number of benzene rings is 2. The third-order valence-corrected chi connectivity index (χ3v) is 6.43. The van der Waals surface area contributed by atoms with Crippen molar-refractivity contribution in [2.45, 2.75) is 89.4 Å². The average Bonchev–Trinajstić information content (AvgIpc) is 2.75. The van der Waals surface area contributed by atoms with Crippen molar-refractivity contribution < 1.29 is 17.9 Å².